The Kier molecular flexibility index (Phi) is 12.4. The van der Waals surface area contributed by atoms with E-state index in [-0.39, 0.29) is 16.8 Å². The van der Waals surface area contributed by atoms with Crippen molar-refractivity contribution in [1.82, 2.24) is 0 Å². The van der Waals surface area contributed by atoms with Gasteiger partial charge in [-0.2, -0.15) is 0 Å². The molecule has 0 aliphatic heterocycles. The molecule has 0 atom stereocenters. The van der Waals surface area contributed by atoms with Crippen LogP contribution in [0.1, 0.15) is 165 Å². The van der Waals surface area contributed by atoms with Crippen LogP contribution in [0.4, 0.5) is 0 Å². The third-order valence-electron chi connectivity index (χ3n) is 14.6. The SMILES string of the molecule is CCCCCCCCCCOC(=O)c1ccc(-c2ccc(C#Cc3ccc4c(c3)C3(CCCCC3)c3cc(-c5ccc6c(c5)C5(CCCCC5)c5cc(I)ccc5-6)ccc3-4)s2)s1. The molecule has 2 fully saturated rings. The van der Waals surface area contributed by atoms with E-state index in [0.717, 1.165) is 33.0 Å². The van der Waals surface area contributed by atoms with E-state index in [1.807, 2.05) is 12.1 Å². The van der Waals surface area contributed by atoms with Gasteiger partial charge in [0.2, 0.25) is 0 Å². The van der Waals surface area contributed by atoms with Gasteiger partial charge in [-0.05, 0) is 171 Å². The molecule has 10 rings (SSSR count). The number of halogens is 1. The van der Waals surface area contributed by atoms with E-state index in [2.05, 4.69) is 126 Å². The lowest BCUT2D eigenvalue weighted by molar-refractivity contribution is 0.0503. The second-order valence-electron chi connectivity index (χ2n) is 18.4. The first-order chi connectivity index (χ1) is 30.5. The predicted octanol–water partition coefficient (Wildman–Crippen LogP) is 16.9. The van der Waals surface area contributed by atoms with Crippen LogP contribution in [-0.2, 0) is 15.6 Å². The van der Waals surface area contributed by atoms with Crippen LogP contribution in [0, 0.1) is 15.4 Å². The Hall–Kier alpha value is -3.96. The topological polar surface area (TPSA) is 26.3 Å². The molecule has 0 unspecified atom stereocenters. The highest BCUT2D eigenvalue weighted by Crippen LogP contribution is 2.59. The van der Waals surface area contributed by atoms with Gasteiger partial charge >= 0.3 is 5.97 Å². The number of carbonyl (C=O) groups excluding carboxylic acids is 1. The van der Waals surface area contributed by atoms with Gasteiger partial charge < -0.3 is 4.74 Å². The minimum atomic E-state index is -0.205. The summed E-state index contributed by atoms with van der Waals surface area (Å²) in [4.78, 5) is 16.7. The Morgan fingerprint density at radius 1 is 0.565 bits per heavy atom. The van der Waals surface area contributed by atoms with Crippen LogP contribution in [-0.4, -0.2) is 12.6 Å². The highest BCUT2D eigenvalue weighted by molar-refractivity contribution is 14.1. The van der Waals surface area contributed by atoms with Crippen LogP contribution >= 0.6 is 45.3 Å². The Labute approximate surface area is 391 Å². The standard InChI is InChI=1S/C57H57IO2S2/c1-2-3-4-5-6-7-8-15-34-60-55(59)54-29-28-53(62-54)52-27-22-43(61-52)21-16-39-17-23-44-45-24-18-40(36-49(45)56(48(44)35-39)30-11-9-12-31-56)41-19-25-46-47-26-20-42(58)38-51(47)57(50(46)37-41)32-13-10-14-33-57/h17-20,22-29,35-38H,2-15,30-34H2,1H3. The van der Waals surface area contributed by atoms with Gasteiger partial charge in [-0.3, -0.25) is 0 Å². The molecule has 316 valence electrons. The van der Waals surface area contributed by atoms with Crippen LogP contribution in [0.25, 0.3) is 43.1 Å². The minimum Gasteiger partial charge on any atom is -0.462 e. The molecule has 4 aromatic carbocycles. The second kappa shape index (κ2) is 18.3. The van der Waals surface area contributed by atoms with Crippen molar-refractivity contribution < 1.29 is 9.53 Å². The molecule has 0 amide bonds. The molecule has 2 spiro atoms. The van der Waals surface area contributed by atoms with Crippen molar-refractivity contribution >= 4 is 51.2 Å². The maximum Gasteiger partial charge on any atom is 0.348 e. The van der Waals surface area contributed by atoms with E-state index in [1.165, 1.54) is 162 Å². The highest BCUT2D eigenvalue weighted by atomic mass is 127. The third kappa shape index (κ3) is 7.96. The summed E-state index contributed by atoms with van der Waals surface area (Å²) in [6, 6.07) is 37.2. The number of ether oxygens (including phenoxy) is 1. The van der Waals surface area contributed by atoms with Crippen LogP contribution in [0.3, 0.4) is 0 Å². The first kappa shape index (κ1) is 42.0. The summed E-state index contributed by atoms with van der Waals surface area (Å²) >= 11 is 5.72. The molecule has 2 aromatic heterocycles. The van der Waals surface area contributed by atoms with E-state index in [4.69, 9.17) is 4.74 Å². The largest absolute Gasteiger partial charge is 0.462 e. The lowest BCUT2D eigenvalue weighted by atomic mass is 9.67. The third-order valence-corrected chi connectivity index (χ3v) is 17.6. The monoisotopic (exact) mass is 964 g/mol. The smallest absolute Gasteiger partial charge is 0.348 e. The number of thiophene rings is 2. The minimum absolute atomic E-state index is 0.0346. The van der Waals surface area contributed by atoms with Crippen molar-refractivity contribution in [2.24, 2.45) is 0 Å². The van der Waals surface area contributed by atoms with E-state index in [9.17, 15) is 4.79 Å². The average molecular weight is 965 g/mol. The quantitative estimate of drug-likeness (QED) is 0.0529. The molecule has 6 aromatic rings. The second-order valence-corrected chi connectivity index (χ2v) is 21.9. The Balaban J connectivity index is 0.859. The van der Waals surface area contributed by atoms with Gasteiger partial charge in [-0.1, -0.05) is 139 Å². The van der Waals surface area contributed by atoms with E-state index < -0.39 is 0 Å². The first-order valence-corrected chi connectivity index (χ1v) is 26.3. The molecule has 2 saturated carbocycles. The molecule has 0 bridgehead atoms. The van der Waals surface area contributed by atoms with Crippen LogP contribution in [0.2, 0.25) is 0 Å². The van der Waals surface area contributed by atoms with Crippen molar-refractivity contribution in [3.8, 4) is 55.0 Å². The molecular formula is C57H57IO2S2. The average Bonchev–Trinajstić information content (AvgIpc) is 4.10. The number of hydrogen-bond acceptors (Lipinski definition) is 4. The van der Waals surface area contributed by atoms with Gasteiger partial charge in [0.25, 0.3) is 0 Å². The summed E-state index contributed by atoms with van der Waals surface area (Å²) in [6.45, 7) is 2.76. The highest BCUT2D eigenvalue weighted by Gasteiger charge is 2.45. The van der Waals surface area contributed by atoms with Crippen molar-refractivity contribution in [2.45, 2.75) is 133 Å². The van der Waals surface area contributed by atoms with Crippen molar-refractivity contribution in [2.75, 3.05) is 6.61 Å². The number of fused-ring (bicyclic) bond motifs is 10. The summed E-state index contributed by atoms with van der Waals surface area (Å²) in [5.41, 5.74) is 15.8. The normalized spacial score (nSPS) is 16.4. The first-order valence-electron chi connectivity index (χ1n) is 23.6. The summed E-state index contributed by atoms with van der Waals surface area (Å²) in [5, 5.41) is 0. The van der Waals surface area contributed by atoms with Gasteiger partial charge in [-0.15, -0.1) is 22.7 Å². The van der Waals surface area contributed by atoms with Crippen molar-refractivity contribution in [3.63, 3.8) is 0 Å². The molecule has 0 N–H and O–H groups in total. The maximum absolute atomic E-state index is 12.8. The Morgan fingerprint density at radius 2 is 1.10 bits per heavy atom. The van der Waals surface area contributed by atoms with Crippen LogP contribution in [0.15, 0.2) is 97.1 Å². The zero-order valence-electron chi connectivity index (χ0n) is 36.2. The van der Waals surface area contributed by atoms with Gasteiger partial charge in [0.15, 0.2) is 0 Å². The Morgan fingerprint density at radius 3 is 1.74 bits per heavy atom. The molecular weight excluding hydrogens is 908 g/mol. The fourth-order valence-corrected chi connectivity index (χ4v) is 13.9. The van der Waals surface area contributed by atoms with Gasteiger partial charge in [0.05, 0.1) is 11.5 Å². The van der Waals surface area contributed by atoms with E-state index >= 15 is 0 Å². The summed E-state index contributed by atoms with van der Waals surface area (Å²) in [6.07, 6.45) is 22.5. The summed E-state index contributed by atoms with van der Waals surface area (Å²) in [5.74, 6) is 6.87. The lowest BCUT2D eigenvalue weighted by Gasteiger charge is -2.36. The van der Waals surface area contributed by atoms with Crippen LogP contribution < -0.4 is 0 Å². The molecule has 0 saturated heterocycles. The van der Waals surface area contributed by atoms with Crippen LogP contribution in [0.5, 0.6) is 0 Å². The predicted molar refractivity (Wildman–Crippen MR) is 270 cm³/mol. The number of rotatable bonds is 12. The number of esters is 1. The Bertz CT molecular complexity index is 2670. The number of carbonyl (C=O) groups is 1. The number of benzene rings is 4. The molecule has 2 nitrogen and oxygen atoms in total. The van der Waals surface area contributed by atoms with Gasteiger partial charge in [0.1, 0.15) is 4.88 Å². The zero-order chi connectivity index (χ0) is 42.1. The number of unbranched alkanes of at least 4 members (excludes halogenated alkanes) is 7. The molecule has 0 radical (unpaired) electrons. The zero-order valence-corrected chi connectivity index (χ0v) is 40.0. The summed E-state index contributed by atoms with van der Waals surface area (Å²) < 4.78 is 6.98. The van der Waals surface area contributed by atoms with Gasteiger partial charge in [0, 0.05) is 29.7 Å². The molecule has 2 heterocycles. The fraction of sp³-hybridized carbons (Fsp3) is 0.386. The van der Waals surface area contributed by atoms with Crippen molar-refractivity contribution in [3.05, 3.63) is 138 Å². The maximum atomic E-state index is 12.8. The fourth-order valence-electron chi connectivity index (χ4n) is 11.5. The van der Waals surface area contributed by atoms with Crippen molar-refractivity contribution in [1.29, 1.82) is 0 Å². The lowest BCUT2D eigenvalue weighted by Crippen LogP contribution is -2.28. The van der Waals surface area contributed by atoms with Gasteiger partial charge in [-0.25, -0.2) is 4.79 Å². The van der Waals surface area contributed by atoms with E-state index in [0.29, 0.717) is 11.5 Å². The molecule has 5 heteroatoms. The molecule has 4 aliphatic rings. The summed E-state index contributed by atoms with van der Waals surface area (Å²) in [7, 11) is 0. The van der Waals surface area contributed by atoms with E-state index in [1.54, 1.807) is 22.5 Å². The molecule has 62 heavy (non-hydrogen) atoms. The number of hydrogen-bond donors (Lipinski definition) is 0. The molecule has 4 aliphatic carbocycles.